The van der Waals surface area contributed by atoms with Crippen LogP contribution in [0.3, 0.4) is 0 Å². The molecule has 1 fully saturated rings. The van der Waals surface area contributed by atoms with Crippen molar-refractivity contribution in [1.82, 2.24) is 5.32 Å². The molecule has 0 aromatic rings. The second kappa shape index (κ2) is 6.08. The molecule has 15 heavy (non-hydrogen) atoms. The van der Waals surface area contributed by atoms with Gasteiger partial charge < -0.3 is 9.84 Å². The predicted molar refractivity (Wildman–Crippen MR) is 57.9 cm³/mol. The molecular formula is C11H21NO3. The van der Waals surface area contributed by atoms with E-state index in [0.717, 1.165) is 0 Å². The lowest BCUT2D eigenvalue weighted by molar-refractivity contribution is -0.141. The minimum atomic E-state index is -0.832. The van der Waals surface area contributed by atoms with E-state index in [0.29, 0.717) is 5.92 Å². The van der Waals surface area contributed by atoms with Crippen molar-refractivity contribution in [1.29, 1.82) is 0 Å². The number of ether oxygens (including phenoxy) is 1. The van der Waals surface area contributed by atoms with E-state index in [1.54, 1.807) is 0 Å². The second-order valence-corrected chi connectivity index (χ2v) is 4.35. The molecule has 1 aliphatic rings. The molecule has 1 rings (SSSR count). The van der Waals surface area contributed by atoms with Gasteiger partial charge in [0.1, 0.15) is 6.04 Å². The molecule has 2 N–H and O–H groups in total. The predicted octanol–water partition coefficient (Wildman–Crippen LogP) is 1.25. The molecule has 4 nitrogen and oxygen atoms in total. The first-order valence-corrected chi connectivity index (χ1v) is 5.63. The minimum absolute atomic E-state index is 0.229. The van der Waals surface area contributed by atoms with Crippen molar-refractivity contribution in [2.45, 2.75) is 44.7 Å². The van der Waals surface area contributed by atoms with Crippen LogP contribution in [0, 0.1) is 5.92 Å². The monoisotopic (exact) mass is 215 g/mol. The van der Waals surface area contributed by atoms with Crippen LogP contribution in [0.2, 0.25) is 0 Å². The summed E-state index contributed by atoms with van der Waals surface area (Å²) in [6.07, 6.45) is 4.98. The van der Waals surface area contributed by atoms with E-state index in [2.05, 4.69) is 12.2 Å². The van der Waals surface area contributed by atoms with Crippen molar-refractivity contribution < 1.29 is 14.6 Å². The Morgan fingerprint density at radius 2 is 2.13 bits per heavy atom. The van der Waals surface area contributed by atoms with Gasteiger partial charge in [-0.3, -0.25) is 10.1 Å². The standard InChI is InChI=1S/C11H21NO3/c1-8(9-5-3-4-6-9)12-10(7-15-2)11(13)14/h8-10,12H,3-7H2,1-2H3,(H,13,14). The Morgan fingerprint density at radius 1 is 1.53 bits per heavy atom. The quantitative estimate of drug-likeness (QED) is 0.700. The molecule has 1 saturated carbocycles. The fraction of sp³-hybridized carbons (Fsp3) is 0.909. The highest BCUT2D eigenvalue weighted by Crippen LogP contribution is 2.27. The summed E-state index contributed by atoms with van der Waals surface area (Å²) in [5.41, 5.74) is 0. The average molecular weight is 215 g/mol. The number of hydrogen-bond donors (Lipinski definition) is 2. The maximum Gasteiger partial charge on any atom is 0.323 e. The summed E-state index contributed by atoms with van der Waals surface area (Å²) in [5.74, 6) is -0.203. The maximum atomic E-state index is 10.9. The summed E-state index contributed by atoms with van der Waals surface area (Å²) in [4.78, 5) is 10.9. The summed E-state index contributed by atoms with van der Waals surface area (Å²) in [5, 5.41) is 12.1. The number of carboxylic acids is 1. The molecule has 2 atom stereocenters. The second-order valence-electron chi connectivity index (χ2n) is 4.35. The lowest BCUT2D eigenvalue weighted by atomic mass is 9.99. The average Bonchev–Trinajstić information content (AvgIpc) is 2.69. The molecule has 0 aromatic carbocycles. The van der Waals surface area contributed by atoms with Crippen molar-refractivity contribution in [3.63, 3.8) is 0 Å². The Kier molecular flexibility index (Phi) is 5.05. The van der Waals surface area contributed by atoms with Gasteiger partial charge in [-0.15, -0.1) is 0 Å². The van der Waals surface area contributed by atoms with E-state index in [1.807, 2.05) is 0 Å². The number of rotatable bonds is 6. The number of nitrogens with one attached hydrogen (secondary N) is 1. The van der Waals surface area contributed by atoms with Crippen molar-refractivity contribution in [3.8, 4) is 0 Å². The Labute approximate surface area is 91.0 Å². The summed E-state index contributed by atoms with van der Waals surface area (Å²) < 4.78 is 4.89. The molecule has 0 bridgehead atoms. The van der Waals surface area contributed by atoms with Gasteiger partial charge in [-0.1, -0.05) is 12.8 Å². The Morgan fingerprint density at radius 3 is 2.60 bits per heavy atom. The Hall–Kier alpha value is -0.610. The maximum absolute atomic E-state index is 10.9. The molecule has 88 valence electrons. The van der Waals surface area contributed by atoms with Gasteiger partial charge in [0, 0.05) is 13.2 Å². The van der Waals surface area contributed by atoms with Gasteiger partial charge in [-0.05, 0) is 25.7 Å². The topological polar surface area (TPSA) is 58.6 Å². The van der Waals surface area contributed by atoms with Crippen LogP contribution in [-0.2, 0) is 9.53 Å². The molecule has 0 aromatic heterocycles. The first kappa shape index (κ1) is 12.5. The van der Waals surface area contributed by atoms with Gasteiger partial charge in [0.05, 0.1) is 6.61 Å². The molecule has 0 heterocycles. The minimum Gasteiger partial charge on any atom is -0.480 e. The van der Waals surface area contributed by atoms with Gasteiger partial charge >= 0.3 is 5.97 Å². The molecule has 0 saturated heterocycles. The zero-order chi connectivity index (χ0) is 11.3. The van der Waals surface area contributed by atoms with E-state index in [9.17, 15) is 4.79 Å². The smallest absolute Gasteiger partial charge is 0.323 e. The fourth-order valence-corrected chi connectivity index (χ4v) is 2.27. The Bertz CT molecular complexity index is 202. The van der Waals surface area contributed by atoms with E-state index >= 15 is 0 Å². The molecule has 1 aliphatic carbocycles. The van der Waals surface area contributed by atoms with Crippen LogP contribution in [0.5, 0.6) is 0 Å². The van der Waals surface area contributed by atoms with Crippen LogP contribution in [-0.4, -0.2) is 36.9 Å². The largest absolute Gasteiger partial charge is 0.480 e. The molecule has 2 unspecified atom stereocenters. The van der Waals surface area contributed by atoms with Crippen LogP contribution >= 0.6 is 0 Å². The summed E-state index contributed by atoms with van der Waals surface area (Å²) >= 11 is 0. The molecule has 4 heteroatoms. The summed E-state index contributed by atoms with van der Waals surface area (Å²) in [6.45, 7) is 2.30. The SMILES string of the molecule is COCC(NC(C)C1CCCC1)C(=O)O. The molecule has 0 spiro atoms. The van der Waals surface area contributed by atoms with Crippen molar-refractivity contribution in [2.75, 3.05) is 13.7 Å². The molecular weight excluding hydrogens is 194 g/mol. The number of carboxylic acid groups (broad SMARTS) is 1. The van der Waals surface area contributed by atoms with Crippen molar-refractivity contribution >= 4 is 5.97 Å². The molecule has 0 amide bonds. The van der Waals surface area contributed by atoms with Crippen LogP contribution in [0.1, 0.15) is 32.6 Å². The third-order valence-electron chi connectivity index (χ3n) is 3.20. The highest BCUT2D eigenvalue weighted by atomic mass is 16.5. The summed E-state index contributed by atoms with van der Waals surface area (Å²) in [6, 6.07) is -0.311. The first-order chi connectivity index (χ1) is 7.15. The van der Waals surface area contributed by atoms with E-state index in [4.69, 9.17) is 9.84 Å². The van der Waals surface area contributed by atoms with Gasteiger partial charge in [-0.2, -0.15) is 0 Å². The van der Waals surface area contributed by atoms with Crippen LogP contribution in [0.4, 0.5) is 0 Å². The van der Waals surface area contributed by atoms with Crippen LogP contribution in [0.15, 0.2) is 0 Å². The van der Waals surface area contributed by atoms with Crippen molar-refractivity contribution in [2.24, 2.45) is 5.92 Å². The van der Waals surface area contributed by atoms with E-state index in [1.165, 1.54) is 32.8 Å². The van der Waals surface area contributed by atoms with Crippen LogP contribution < -0.4 is 5.32 Å². The Balaban J connectivity index is 2.38. The number of methoxy groups -OCH3 is 1. The van der Waals surface area contributed by atoms with Gasteiger partial charge in [0.2, 0.25) is 0 Å². The zero-order valence-electron chi connectivity index (χ0n) is 9.53. The fourth-order valence-electron chi connectivity index (χ4n) is 2.27. The highest BCUT2D eigenvalue weighted by molar-refractivity contribution is 5.73. The third kappa shape index (κ3) is 3.80. The van der Waals surface area contributed by atoms with E-state index in [-0.39, 0.29) is 12.6 Å². The number of carbonyl (C=O) groups is 1. The summed E-state index contributed by atoms with van der Waals surface area (Å²) in [7, 11) is 1.53. The van der Waals surface area contributed by atoms with Gasteiger partial charge in [-0.25, -0.2) is 0 Å². The van der Waals surface area contributed by atoms with Crippen LogP contribution in [0.25, 0.3) is 0 Å². The number of aliphatic carboxylic acids is 1. The normalized spacial score (nSPS) is 21.5. The van der Waals surface area contributed by atoms with E-state index < -0.39 is 12.0 Å². The van der Waals surface area contributed by atoms with Gasteiger partial charge in [0.15, 0.2) is 0 Å². The lowest BCUT2D eigenvalue weighted by Gasteiger charge is -2.24. The third-order valence-corrected chi connectivity index (χ3v) is 3.20. The zero-order valence-corrected chi connectivity index (χ0v) is 9.53. The lowest BCUT2D eigenvalue weighted by Crippen LogP contribution is -2.47. The molecule has 0 radical (unpaired) electrons. The van der Waals surface area contributed by atoms with Crippen molar-refractivity contribution in [3.05, 3.63) is 0 Å². The van der Waals surface area contributed by atoms with Gasteiger partial charge in [0.25, 0.3) is 0 Å². The number of hydrogen-bond acceptors (Lipinski definition) is 3. The molecule has 0 aliphatic heterocycles. The first-order valence-electron chi connectivity index (χ1n) is 5.63. The highest BCUT2D eigenvalue weighted by Gasteiger charge is 2.26.